The third kappa shape index (κ3) is 9.29. The number of amides is 1. The molecular formula is C11H23N3O3S. The fourth-order valence-corrected chi connectivity index (χ4v) is 1.21. The van der Waals surface area contributed by atoms with Crippen LogP contribution in [0.15, 0.2) is 0 Å². The summed E-state index contributed by atoms with van der Waals surface area (Å²) in [6, 6.07) is 0. The molecule has 0 saturated carbocycles. The van der Waals surface area contributed by atoms with Gasteiger partial charge >= 0.3 is 0 Å². The predicted molar refractivity (Wildman–Crippen MR) is 74.6 cm³/mol. The van der Waals surface area contributed by atoms with Crippen LogP contribution in [-0.4, -0.2) is 68.9 Å². The standard InChI is InChI=1S/C11H23N3O3S/c1-9(11(12)18)17-7-5-14(2)8-10(15)13-4-6-16-3/h9H,4-8H2,1-3H3,(H2,12,18)(H,13,15). The van der Waals surface area contributed by atoms with Crippen molar-refractivity contribution in [1.82, 2.24) is 10.2 Å². The van der Waals surface area contributed by atoms with Gasteiger partial charge in [-0.1, -0.05) is 12.2 Å². The van der Waals surface area contributed by atoms with Crippen molar-refractivity contribution in [2.45, 2.75) is 13.0 Å². The number of carbonyl (C=O) groups is 1. The molecule has 0 bridgehead atoms. The number of rotatable bonds is 10. The van der Waals surface area contributed by atoms with E-state index in [1.807, 2.05) is 11.9 Å². The molecule has 7 heteroatoms. The van der Waals surface area contributed by atoms with Crippen LogP contribution in [0.2, 0.25) is 0 Å². The van der Waals surface area contributed by atoms with Gasteiger partial charge in [-0.15, -0.1) is 0 Å². The van der Waals surface area contributed by atoms with Crippen LogP contribution >= 0.6 is 12.2 Å². The van der Waals surface area contributed by atoms with Gasteiger partial charge in [-0.3, -0.25) is 9.69 Å². The molecule has 0 aliphatic heterocycles. The van der Waals surface area contributed by atoms with Crippen LogP contribution < -0.4 is 11.1 Å². The Labute approximate surface area is 114 Å². The van der Waals surface area contributed by atoms with Gasteiger partial charge in [0.25, 0.3) is 0 Å². The van der Waals surface area contributed by atoms with E-state index in [0.29, 0.717) is 37.8 Å². The minimum Gasteiger partial charge on any atom is -0.391 e. The molecule has 3 N–H and O–H groups in total. The number of likely N-dealkylation sites (N-methyl/N-ethyl adjacent to an activating group) is 1. The highest BCUT2D eigenvalue weighted by Crippen LogP contribution is 1.92. The Balaban J connectivity index is 3.61. The first-order chi connectivity index (χ1) is 8.47. The molecule has 106 valence electrons. The summed E-state index contributed by atoms with van der Waals surface area (Å²) in [7, 11) is 3.45. The molecule has 0 aliphatic carbocycles. The van der Waals surface area contributed by atoms with Crippen molar-refractivity contribution < 1.29 is 14.3 Å². The third-order valence-corrected chi connectivity index (χ3v) is 2.62. The van der Waals surface area contributed by atoms with Gasteiger partial charge < -0.3 is 20.5 Å². The number of nitrogens with zero attached hydrogens (tertiary/aromatic N) is 1. The molecule has 0 saturated heterocycles. The monoisotopic (exact) mass is 277 g/mol. The van der Waals surface area contributed by atoms with Crippen molar-refractivity contribution in [1.29, 1.82) is 0 Å². The van der Waals surface area contributed by atoms with Crippen LogP contribution in [0, 0.1) is 0 Å². The zero-order chi connectivity index (χ0) is 14.0. The number of thiocarbonyl (C=S) groups is 1. The molecule has 6 nitrogen and oxygen atoms in total. The Hall–Kier alpha value is -0.760. The maximum atomic E-state index is 11.4. The Kier molecular flexibility index (Phi) is 9.76. The van der Waals surface area contributed by atoms with Gasteiger partial charge in [0.15, 0.2) is 0 Å². The number of methoxy groups -OCH3 is 1. The molecular weight excluding hydrogens is 254 g/mol. The summed E-state index contributed by atoms with van der Waals surface area (Å²) in [5, 5.41) is 2.74. The largest absolute Gasteiger partial charge is 0.391 e. The Morgan fingerprint density at radius 1 is 1.50 bits per heavy atom. The van der Waals surface area contributed by atoms with Gasteiger partial charge in [-0.05, 0) is 14.0 Å². The highest BCUT2D eigenvalue weighted by Gasteiger charge is 2.08. The van der Waals surface area contributed by atoms with Crippen molar-refractivity contribution in [3.05, 3.63) is 0 Å². The summed E-state index contributed by atoms with van der Waals surface area (Å²) in [6.07, 6.45) is -0.232. The van der Waals surface area contributed by atoms with E-state index >= 15 is 0 Å². The zero-order valence-electron chi connectivity index (χ0n) is 11.3. The highest BCUT2D eigenvalue weighted by atomic mass is 32.1. The summed E-state index contributed by atoms with van der Waals surface area (Å²) in [4.78, 5) is 13.7. The van der Waals surface area contributed by atoms with E-state index in [2.05, 4.69) is 5.32 Å². The summed E-state index contributed by atoms with van der Waals surface area (Å²) < 4.78 is 10.2. The van der Waals surface area contributed by atoms with Crippen molar-refractivity contribution >= 4 is 23.1 Å². The van der Waals surface area contributed by atoms with E-state index in [9.17, 15) is 4.79 Å². The summed E-state index contributed by atoms with van der Waals surface area (Å²) in [5.41, 5.74) is 5.42. The Morgan fingerprint density at radius 3 is 2.72 bits per heavy atom. The maximum Gasteiger partial charge on any atom is 0.234 e. The normalized spacial score (nSPS) is 12.4. The maximum absolute atomic E-state index is 11.4. The second kappa shape index (κ2) is 10.2. The van der Waals surface area contributed by atoms with Gasteiger partial charge in [0.05, 0.1) is 19.8 Å². The molecule has 18 heavy (non-hydrogen) atoms. The topological polar surface area (TPSA) is 76.8 Å². The molecule has 1 amide bonds. The van der Waals surface area contributed by atoms with Crippen molar-refractivity contribution in [2.24, 2.45) is 5.73 Å². The molecule has 1 unspecified atom stereocenters. The van der Waals surface area contributed by atoms with E-state index in [4.69, 9.17) is 27.4 Å². The lowest BCUT2D eigenvalue weighted by Crippen LogP contribution is -2.38. The van der Waals surface area contributed by atoms with Crippen molar-refractivity contribution in [3.63, 3.8) is 0 Å². The molecule has 1 atom stereocenters. The first-order valence-corrected chi connectivity index (χ1v) is 6.23. The second-order valence-electron chi connectivity index (χ2n) is 4.00. The molecule has 0 aliphatic rings. The lowest BCUT2D eigenvalue weighted by Gasteiger charge is -2.18. The molecule has 0 spiro atoms. The fraction of sp³-hybridized carbons (Fsp3) is 0.818. The van der Waals surface area contributed by atoms with Crippen molar-refractivity contribution in [2.75, 3.05) is 47.0 Å². The quantitative estimate of drug-likeness (QED) is 0.409. The number of nitrogens with one attached hydrogen (secondary N) is 1. The minimum atomic E-state index is -0.232. The number of nitrogens with two attached hydrogens (primary N) is 1. The van der Waals surface area contributed by atoms with Gasteiger partial charge in [0.1, 0.15) is 11.1 Å². The minimum absolute atomic E-state index is 0.0306. The average Bonchev–Trinajstić information content (AvgIpc) is 2.28. The summed E-state index contributed by atoms with van der Waals surface area (Å²) >= 11 is 4.79. The number of ether oxygens (including phenoxy) is 2. The third-order valence-electron chi connectivity index (χ3n) is 2.28. The molecule has 0 aromatic carbocycles. The van der Waals surface area contributed by atoms with E-state index in [1.54, 1.807) is 14.0 Å². The van der Waals surface area contributed by atoms with Crippen LogP contribution in [0.25, 0.3) is 0 Å². The molecule has 0 aromatic heterocycles. The fourth-order valence-electron chi connectivity index (χ4n) is 1.14. The molecule has 0 aromatic rings. The first-order valence-electron chi connectivity index (χ1n) is 5.82. The first kappa shape index (κ1) is 17.2. The number of hydrogen-bond donors (Lipinski definition) is 2. The average molecular weight is 277 g/mol. The van der Waals surface area contributed by atoms with Crippen LogP contribution in [0.1, 0.15) is 6.92 Å². The van der Waals surface area contributed by atoms with E-state index < -0.39 is 0 Å². The van der Waals surface area contributed by atoms with E-state index in [1.165, 1.54) is 0 Å². The second-order valence-corrected chi connectivity index (χ2v) is 4.47. The van der Waals surface area contributed by atoms with Gasteiger partial charge in [0.2, 0.25) is 5.91 Å². The van der Waals surface area contributed by atoms with E-state index in [-0.39, 0.29) is 12.0 Å². The van der Waals surface area contributed by atoms with Gasteiger partial charge in [-0.25, -0.2) is 0 Å². The Morgan fingerprint density at radius 2 is 2.17 bits per heavy atom. The SMILES string of the molecule is COCCNC(=O)CN(C)CCOC(C)C(N)=S. The number of hydrogen-bond acceptors (Lipinski definition) is 5. The van der Waals surface area contributed by atoms with Crippen LogP contribution in [0.3, 0.4) is 0 Å². The highest BCUT2D eigenvalue weighted by molar-refractivity contribution is 7.80. The molecule has 0 rings (SSSR count). The molecule has 0 fully saturated rings. The zero-order valence-corrected chi connectivity index (χ0v) is 12.1. The van der Waals surface area contributed by atoms with Gasteiger partial charge in [-0.2, -0.15) is 0 Å². The summed E-state index contributed by atoms with van der Waals surface area (Å²) in [5.74, 6) is -0.0306. The van der Waals surface area contributed by atoms with E-state index in [0.717, 1.165) is 0 Å². The molecule has 0 heterocycles. The van der Waals surface area contributed by atoms with Crippen LogP contribution in [-0.2, 0) is 14.3 Å². The molecule has 0 radical (unpaired) electrons. The Bertz CT molecular complexity index is 264. The van der Waals surface area contributed by atoms with Crippen LogP contribution in [0.5, 0.6) is 0 Å². The van der Waals surface area contributed by atoms with Crippen LogP contribution in [0.4, 0.5) is 0 Å². The van der Waals surface area contributed by atoms with Crippen molar-refractivity contribution in [3.8, 4) is 0 Å². The number of carbonyl (C=O) groups excluding carboxylic acids is 1. The smallest absolute Gasteiger partial charge is 0.234 e. The lowest BCUT2D eigenvalue weighted by molar-refractivity contribution is -0.122. The predicted octanol–water partition coefficient (Wildman–Crippen LogP) is -0.628. The summed E-state index contributed by atoms with van der Waals surface area (Å²) in [6.45, 7) is 4.31. The lowest BCUT2D eigenvalue weighted by atomic mass is 10.4. The van der Waals surface area contributed by atoms with Gasteiger partial charge in [0, 0.05) is 20.2 Å².